The molecular weight excluding hydrogens is 445 g/mol. The van der Waals surface area contributed by atoms with E-state index in [1.807, 2.05) is 0 Å². The zero-order chi connectivity index (χ0) is 23.5. The molecule has 0 saturated heterocycles. The molecule has 1 heterocycles. The smallest absolute Gasteiger partial charge is 0.350 e. The zero-order valence-electron chi connectivity index (χ0n) is 16.2. The Morgan fingerprint density at radius 1 is 1.29 bits per heavy atom. The van der Waals surface area contributed by atoms with Crippen molar-refractivity contribution in [1.29, 1.82) is 0 Å². The van der Waals surface area contributed by atoms with Crippen molar-refractivity contribution in [2.75, 3.05) is 6.61 Å². The molecule has 31 heavy (non-hydrogen) atoms. The van der Waals surface area contributed by atoms with Crippen LogP contribution in [0.1, 0.15) is 36.3 Å². The minimum absolute atomic E-state index is 0.137. The molecule has 2 rings (SSSR count). The van der Waals surface area contributed by atoms with E-state index in [0.29, 0.717) is 12.1 Å². The van der Waals surface area contributed by atoms with Gasteiger partial charge in [-0.2, -0.15) is 0 Å². The Labute approximate surface area is 177 Å². The van der Waals surface area contributed by atoms with E-state index in [1.54, 1.807) is 4.98 Å². The number of hydrogen-bond donors (Lipinski definition) is 1. The SMILES string of the molecule is C=CCOC(=O)C(C)(C)OC(=O)c1cc(-n2c(=O)cc(C(F)F)[nH]c2=O)c(F)cc1Cl. The van der Waals surface area contributed by atoms with Gasteiger partial charge in [0.1, 0.15) is 12.4 Å². The summed E-state index contributed by atoms with van der Waals surface area (Å²) in [6, 6.07) is 1.77. The van der Waals surface area contributed by atoms with E-state index in [-0.39, 0.29) is 11.2 Å². The molecule has 0 saturated carbocycles. The van der Waals surface area contributed by atoms with Crippen molar-refractivity contribution in [3.63, 3.8) is 0 Å². The van der Waals surface area contributed by atoms with Crippen molar-refractivity contribution in [3.05, 3.63) is 73.8 Å². The zero-order valence-corrected chi connectivity index (χ0v) is 17.0. The number of benzene rings is 1. The highest BCUT2D eigenvalue weighted by Crippen LogP contribution is 2.25. The minimum Gasteiger partial charge on any atom is -0.459 e. The van der Waals surface area contributed by atoms with Crippen molar-refractivity contribution in [1.82, 2.24) is 9.55 Å². The van der Waals surface area contributed by atoms with Gasteiger partial charge in [0.05, 0.1) is 22.0 Å². The van der Waals surface area contributed by atoms with Crippen molar-refractivity contribution in [3.8, 4) is 5.69 Å². The normalized spacial score (nSPS) is 11.3. The fourth-order valence-corrected chi connectivity index (χ4v) is 2.59. The third-order valence-electron chi connectivity index (χ3n) is 3.86. The highest BCUT2D eigenvalue weighted by molar-refractivity contribution is 6.33. The maximum Gasteiger partial charge on any atom is 0.350 e. The number of nitrogens with one attached hydrogen (secondary N) is 1. The summed E-state index contributed by atoms with van der Waals surface area (Å²) in [7, 11) is 0. The second-order valence-electron chi connectivity index (χ2n) is 6.57. The molecule has 0 atom stereocenters. The predicted octanol–water partition coefficient (Wildman–Crippen LogP) is 2.92. The van der Waals surface area contributed by atoms with Crippen molar-refractivity contribution < 1.29 is 32.2 Å². The maximum absolute atomic E-state index is 14.4. The molecule has 0 aliphatic heterocycles. The first-order valence-electron chi connectivity index (χ1n) is 8.54. The van der Waals surface area contributed by atoms with Gasteiger partial charge < -0.3 is 14.5 Å². The van der Waals surface area contributed by atoms with Crippen molar-refractivity contribution >= 4 is 23.5 Å². The van der Waals surface area contributed by atoms with Gasteiger partial charge in [0, 0.05) is 6.07 Å². The third kappa shape index (κ3) is 5.23. The molecule has 0 aliphatic rings. The summed E-state index contributed by atoms with van der Waals surface area (Å²) in [5.74, 6) is -3.29. The Hall–Kier alpha value is -3.34. The van der Waals surface area contributed by atoms with Gasteiger partial charge in [-0.25, -0.2) is 32.1 Å². The number of ether oxygens (including phenoxy) is 2. The number of nitrogens with zero attached hydrogens (tertiary/aromatic N) is 1. The van der Waals surface area contributed by atoms with Crippen LogP contribution in [-0.4, -0.2) is 33.7 Å². The molecule has 2 aromatic rings. The van der Waals surface area contributed by atoms with E-state index >= 15 is 0 Å². The van der Waals surface area contributed by atoms with Crippen LogP contribution in [0.15, 0.2) is 40.4 Å². The van der Waals surface area contributed by atoms with Crippen LogP contribution in [0.4, 0.5) is 13.2 Å². The van der Waals surface area contributed by atoms with Gasteiger partial charge in [0.25, 0.3) is 12.0 Å². The number of halogens is 4. The number of aromatic amines is 1. The van der Waals surface area contributed by atoms with Crippen LogP contribution in [0.3, 0.4) is 0 Å². The highest BCUT2D eigenvalue weighted by Gasteiger charge is 2.35. The fraction of sp³-hybridized carbons (Fsp3) is 0.263. The molecule has 0 amide bonds. The lowest BCUT2D eigenvalue weighted by Crippen LogP contribution is -2.39. The number of H-pyrrole nitrogens is 1. The first-order chi connectivity index (χ1) is 14.4. The summed E-state index contributed by atoms with van der Waals surface area (Å²) in [4.78, 5) is 50.5. The average Bonchev–Trinajstić information content (AvgIpc) is 2.66. The largest absolute Gasteiger partial charge is 0.459 e. The van der Waals surface area contributed by atoms with Crippen molar-refractivity contribution in [2.45, 2.75) is 25.9 Å². The first-order valence-corrected chi connectivity index (χ1v) is 8.92. The van der Waals surface area contributed by atoms with Crippen LogP contribution in [0, 0.1) is 5.82 Å². The van der Waals surface area contributed by atoms with E-state index in [1.165, 1.54) is 19.9 Å². The summed E-state index contributed by atoms with van der Waals surface area (Å²) in [5.41, 5.74) is -6.60. The molecular formula is C19H16ClF3N2O6. The second kappa shape index (κ2) is 9.21. The van der Waals surface area contributed by atoms with Crippen LogP contribution >= 0.6 is 11.6 Å². The summed E-state index contributed by atoms with van der Waals surface area (Å²) >= 11 is 5.88. The molecule has 0 radical (unpaired) electrons. The molecule has 0 fully saturated rings. The van der Waals surface area contributed by atoms with E-state index in [0.717, 1.165) is 6.07 Å². The molecule has 12 heteroatoms. The Balaban J connectivity index is 2.50. The molecule has 0 bridgehead atoms. The summed E-state index contributed by atoms with van der Waals surface area (Å²) < 4.78 is 50.0. The number of rotatable bonds is 7. The van der Waals surface area contributed by atoms with Gasteiger partial charge in [-0.05, 0) is 26.0 Å². The molecule has 0 unspecified atom stereocenters. The summed E-state index contributed by atoms with van der Waals surface area (Å²) in [6.45, 7) is 5.70. The summed E-state index contributed by atoms with van der Waals surface area (Å²) in [5, 5.41) is -0.449. The maximum atomic E-state index is 14.4. The van der Waals surface area contributed by atoms with E-state index in [4.69, 9.17) is 21.1 Å². The van der Waals surface area contributed by atoms with Gasteiger partial charge in [0.15, 0.2) is 0 Å². The topological polar surface area (TPSA) is 107 Å². The van der Waals surface area contributed by atoms with E-state index in [9.17, 15) is 32.3 Å². The summed E-state index contributed by atoms with van der Waals surface area (Å²) in [6.07, 6.45) is -1.84. The molecule has 1 N–H and O–H groups in total. The quantitative estimate of drug-likeness (QED) is 0.503. The molecule has 1 aromatic heterocycles. The fourth-order valence-electron chi connectivity index (χ4n) is 2.36. The number of carbonyl (C=O) groups is 2. The predicted molar refractivity (Wildman–Crippen MR) is 103 cm³/mol. The lowest BCUT2D eigenvalue weighted by Gasteiger charge is -2.23. The number of alkyl halides is 2. The van der Waals surface area contributed by atoms with Crippen LogP contribution in [0.5, 0.6) is 0 Å². The van der Waals surface area contributed by atoms with Crippen LogP contribution < -0.4 is 11.2 Å². The number of carbonyl (C=O) groups excluding carboxylic acids is 2. The lowest BCUT2D eigenvalue weighted by atomic mass is 10.1. The van der Waals surface area contributed by atoms with Gasteiger partial charge in [-0.15, -0.1) is 0 Å². The highest BCUT2D eigenvalue weighted by atomic mass is 35.5. The van der Waals surface area contributed by atoms with Gasteiger partial charge in [0.2, 0.25) is 5.60 Å². The molecule has 8 nitrogen and oxygen atoms in total. The van der Waals surface area contributed by atoms with Crippen LogP contribution in [-0.2, 0) is 14.3 Å². The Morgan fingerprint density at radius 3 is 2.48 bits per heavy atom. The lowest BCUT2D eigenvalue weighted by molar-refractivity contribution is -0.161. The first kappa shape index (κ1) is 23.9. The minimum atomic E-state index is -3.14. The van der Waals surface area contributed by atoms with Crippen LogP contribution in [0.25, 0.3) is 5.69 Å². The molecule has 0 aliphatic carbocycles. The van der Waals surface area contributed by atoms with E-state index in [2.05, 4.69) is 6.58 Å². The Morgan fingerprint density at radius 2 is 1.94 bits per heavy atom. The average molecular weight is 461 g/mol. The number of hydrogen-bond acceptors (Lipinski definition) is 6. The third-order valence-corrected chi connectivity index (χ3v) is 4.17. The van der Waals surface area contributed by atoms with Gasteiger partial charge >= 0.3 is 17.6 Å². The Kier molecular flexibility index (Phi) is 7.11. The van der Waals surface area contributed by atoms with Gasteiger partial charge in [-0.1, -0.05) is 24.3 Å². The van der Waals surface area contributed by atoms with E-state index < -0.39 is 63.0 Å². The van der Waals surface area contributed by atoms with Crippen molar-refractivity contribution in [2.24, 2.45) is 0 Å². The number of aromatic nitrogens is 2. The standard InChI is InChI=1S/C19H16ClF3N2O6/c1-4-5-30-17(28)19(2,3)31-16(27)9-6-13(11(21)7-10(9)20)25-14(26)8-12(15(22)23)24-18(25)29/h4,6-8,15H,1,5H2,2-3H3,(H,24,29). The molecule has 166 valence electrons. The van der Waals surface area contributed by atoms with Gasteiger partial charge in [-0.3, -0.25) is 4.79 Å². The monoisotopic (exact) mass is 460 g/mol. The Bertz CT molecular complexity index is 1130. The molecule has 1 aromatic carbocycles. The van der Waals surface area contributed by atoms with Crippen LogP contribution in [0.2, 0.25) is 5.02 Å². The second-order valence-corrected chi connectivity index (χ2v) is 6.98. The number of esters is 2. The molecule has 0 spiro atoms.